The molecule has 6 heteroatoms. The van der Waals surface area contributed by atoms with Crippen LogP contribution in [0.25, 0.3) is 0 Å². The third kappa shape index (κ3) is 2.69. The molecule has 0 bridgehead atoms. The lowest BCUT2D eigenvalue weighted by Crippen LogP contribution is -2.39. The molecule has 0 saturated heterocycles. The topological polar surface area (TPSA) is 70.2 Å². The Morgan fingerprint density at radius 3 is 3.14 bits per heavy atom. The minimum absolute atomic E-state index is 0.126. The SMILES string of the molecule is COc1ccc(C)cc1NC(=O)N1CCc2nc[nH]c2C1. The van der Waals surface area contributed by atoms with Gasteiger partial charge in [0.2, 0.25) is 0 Å². The first-order chi connectivity index (χ1) is 10.2. The van der Waals surface area contributed by atoms with Crippen molar-refractivity contribution in [1.82, 2.24) is 14.9 Å². The summed E-state index contributed by atoms with van der Waals surface area (Å²) in [5, 5.41) is 2.92. The molecule has 0 unspecified atom stereocenters. The number of carbonyl (C=O) groups excluding carboxylic acids is 1. The van der Waals surface area contributed by atoms with Gasteiger partial charge >= 0.3 is 6.03 Å². The zero-order chi connectivity index (χ0) is 14.8. The van der Waals surface area contributed by atoms with Crippen molar-refractivity contribution < 1.29 is 9.53 Å². The number of hydrogen-bond donors (Lipinski definition) is 2. The molecule has 1 aromatic heterocycles. The van der Waals surface area contributed by atoms with Gasteiger partial charge in [-0.2, -0.15) is 0 Å². The third-order valence-corrected chi connectivity index (χ3v) is 3.66. The Balaban J connectivity index is 1.74. The van der Waals surface area contributed by atoms with Gasteiger partial charge in [0.15, 0.2) is 0 Å². The van der Waals surface area contributed by atoms with E-state index in [0.29, 0.717) is 24.5 Å². The van der Waals surface area contributed by atoms with Crippen LogP contribution in [-0.2, 0) is 13.0 Å². The quantitative estimate of drug-likeness (QED) is 0.890. The fraction of sp³-hybridized carbons (Fsp3) is 0.333. The maximum absolute atomic E-state index is 12.4. The number of amides is 2. The van der Waals surface area contributed by atoms with Crippen LogP contribution in [0.4, 0.5) is 10.5 Å². The Labute approximate surface area is 123 Å². The summed E-state index contributed by atoms with van der Waals surface area (Å²) in [5.74, 6) is 0.660. The maximum atomic E-state index is 12.4. The fourth-order valence-electron chi connectivity index (χ4n) is 2.50. The number of rotatable bonds is 2. The predicted octanol–water partition coefficient (Wildman–Crippen LogP) is 2.32. The standard InChI is InChI=1S/C15H18N4O2/c1-10-3-4-14(21-2)12(7-10)18-15(20)19-6-5-11-13(8-19)17-9-16-11/h3-4,7,9H,5-6,8H2,1-2H3,(H,16,17)(H,18,20). The summed E-state index contributed by atoms with van der Waals surface area (Å²) in [4.78, 5) is 21.5. The molecule has 0 aliphatic carbocycles. The molecule has 1 aliphatic rings. The van der Waals surface area contributed by atoms with Crippen LogP contribution in [0.15, 0.2) is 24.5 Å². The van der Waals surface area contributed by atoms with Crippen LogP contribution < -0.4 is 10.1 Å². The lowest BCUT2D eigenvalue weighted by Gasteiger charge is -2.26. The van der Waals surface area contributed by atoms with E-state index in [-0.39, 0.29) is 6.03 Å². The summed E-state index contributed by atoms with van der Waals surface area (Å²) in [6.45, 7) is 3.19. The number of benzene rings is 1. The second-order valence-corrected chi connectivity index (χ2v) is 5.13. The molecule has 0 atom stereocenters. The van der Waals surface area contributed by atoms with E-state index < -0.39 is 0 Å². The smallest absolute Gasteiger partial charge is 0.322 e. The van der Waals surface area contributed by atoms with Gasteiger partial charge in [-0.3, -0.25) is 0 Å². The van der Waals surface area contributed by atoms with E-state index in [9.17, 15) is 4.79 Å². The van der Waals surface area contributed by atoms with Crippen LogP contribution in [0.1, 0.15) is 17.0 Å². The van der Waals surface area contributed by atoms with Gasteiger partial charge in [0.05, 0.1) is 37.1 Å². The largest absolute Gasteiger partial charge is 0.495 e. The minimum atomic E-state index is -0.126. The molecule has 0 saturated carbocycles. The van der Waals surface area contributed by atoms with E-state index in [1.807, 2.05) is 25.1 Å². The molecular weight excluding hydrogens is 268 g/mol. The molecule has 1 aromatic carbocycles. The number of carbonyl (C=O) groups is 1. The number of methoxy groups -OCH3 is 1. The maximum Gasteiger partial charge on any atom is 0.322 e. The van der Waals surface area contributed by atoms with Crippen molar-refractivity contribution >= 4 is 11.7 Å². The van der Waals surface area contributed by atoms with Crippen molar-refractivity contribution in [3.8, 4) is 5.75 Å². The van der Waals surface area contributed by atoms with Crippen LogP contribution in [0.5, 0.6) is 5.75 Å². The monoisotopic (exact) mass is 286 g/mol. The van der Waals surface area contributed by atoms with Gasteiger partial charge in [0, 0.05) is 13.0 Å². The van der Waals surface area contributed by atoms with Crippen molar-refractivity contribution in [3.63, 3.8) is 0 Å². The van der Waals surface area contributed by atoms with E-state index in [4.69, 9.17) is 4.74 Å². The van der Waals surface area contributed by atoms with E-state index in [2.05, 4.69) is 15.3 Å². The molecule has 6 nitrogen and oxygen atoms in total. The zero-order valence-corrected chi connectivity index (χ0v) is 12.1. The number of imidazole rings is 1. The second kappa shape index (κ2) is 5.47. The number of nitrogens with one attached hydrogen (secondary N) is 2. The summed E-state index contributed by atoms with van der Waals surface area (Å²) < 4.78 is 5.28. The first-order valence-corrected chi connectivity index (χ1v) is 6.89. The Morgan fingerprint density at radius 2 is 2.33 bits per heavy atom. The predicted molar refractivity (Wildman–Crippen MR) is 79.5 cm³/mol. The average Bonchev–Trinajstić information content (AvgIpc) is 2.94. The Morgan fingerprint density at radius 1 is 1.48 bits per heavy atom. The number of ether oxygens (including phenoxy) is 1. The molecular formula is C15H18N4O2. The number of aromatic amines is 1. The molecule has 0 spiro atoms. The lowest BCUT2D eigenvalue weighted by atomic mass is 10.1. The summed E-state index contributed by atoms with van der Waals surface area (Å²) in [5.41, 5.74) is 3.82. The average molecular weight is 286 g/mol. The van der Waals surface area contributed by atoms with Crippen LogP contribution >= 0.6 is 0 Å². The number of anilines is 1. The van der Waals surface area contributed by atoms with Crippen molar-refractivity contribution in [2.45, 2.75) is 19.9 Å². The Hall–Kier alpha value is -2.50. The third-order valence-electron chi connectivity index (χ3n) is 3.66. The van der Waals surface area contributed by atoms with Gasteiger partial charge in [0.1, 0.15) is 5.75 Å². The van der Waals surface area contributed by atoms with E-state index in [1.54, 1.807) is 18.3 Å². The van der Waals surface area contributed by atoms with Crippen LogP contribution in [0.2, 0.25) is 0 Å². The van der Waals surface area contributed by atoms with E-state index >= 15 is 0 Å². The number of fused-ring (bicyclic) bond motifs is 1. The first kappa shape index (κ1) is 13.5. The minimum Gasteiger partial charge on any atom is -0.495 e. The highest BCUT2D eigenvalue weighted by atomic mass is 16.5. The number of nitrogens with zero attached hydrogens (tertiary/aromatic N) is 2. The summed E-state index contributed by atoms with van der Waals surface area (Å²) in [7, 11) is 1.60. The van der Waals surface area contributed by atoms with Gasteiger partial charge in [-0.15, -0.1) is 0 Å². The number of H-pyrrole nitrogens is 1. The Bertz CT molecular complexity index is 665. The molecule has 2 amide bonds. The molecule has 110 valence electrons. The molecule has 2 heterocycles. The van der Waals surface area contributed by atoms with Crippen LogP contribution in [0, 0.1) is 6.92 Å². The van der Waals surface area contributed by atoms with Crippen LogP contribution in [0.3, 0.4) is 0 Å². The Kier molecular flexibility index (Phi) is 3.51. The van der Waals surface area contributed by atoms with Gasteiger partial charge in [0.25, 0.3) is 0 Å². The first-order valence-electron chi connectivity index (χ1n) is 6.89. The number of urea groups is 1. The van der Waals surface area contributed by atoms with Gasteiger partial charge in [-0.05, 0) is 24.6 Å². The zero-order valence-electron chi connectivity index (χ0n) is 12.1. The highest BCUT2D eigenvalue weighted by Gasteiger charge is 2.22. The number of aromatic nitrogens is 2. The molecule has 2 N–H and O–H groups in total. The fourth-order valence-corrected chi connectivity index (χ4v) is 2.50. The van der Waals surface area contributed by atoms with Crippen molar-refractivity contribution in [2.75, 3.05) is 19.0 Å². The van der Waals surface area contributed by atoms with E-state index in [1.165, 1.54) is 0 Å². The molecule has 3 rings (SSSR count). The highest BCUT2D eigenvalue weighted by molar-refractivity contribution is 5.91. The summed E-state index contributed by atoms with van der Waals surface area (Å²) in [6, 6.07) is 5.59. The summed E-state index contributed by atoms with van der Waals surface area (Å²) in [6.07, 6.45) is 2.45. The molecule has 1 aliphatic heterocycles. The number of hydrogen-bond acceptors (Lipinski definition) is 3. The summed E-state index contributed by atoms with van der Waals surface area (Å²) >= 11 is 0. The molecule has 0 fully saturated rings. The highest BCUT2D eigenvalue weighted by Crippen LogP contribution is 2.26. The molecule has 21 heavy (non-hydrogen) atoms. The second-order valence-electron chi connectivity index (χ2n) is 5.13. The van der Waals surface area contributed by atoms with E-state index in [0.717, 1.165) is 23.4 Å². The molecule has 2 aromatic rings. The normalized spacial score (nSPS) is 13.7. The van der Waals surface area contributed by atoms with Gasteiger partial charge in [-0.25, -0.2) is 9.78 Å². The van der Waals surface area contributed by atoms with Gasteiger partial charge in [-0.1, -0.05) is 6.07 Å². The van der Waals surface area contributed by atoms with Crippen molar-refractivity contribution in [2.24, 2.45) is 0 Å². The molecule has 0 radical (unpaired) electrons. The van der Waals surface area contributed by atoms with Crippen molar-refractivity contribution in [3.05, 3.63) is 41.5 Å². The van der Waals surface area contributed by atoms with Gasteiger partial charge < -0.3 is 19.9 Å². The van der Waals surface area contributed by atoms with Crippen LogP contribution in [-0.4, -0.2) is 34.6 Å². The van der Waals surface area contributed by atoms with Crippen molar-refractivity contribution in [1.29, 1.82) is 0 Å². The number of aryl methyl sites for hydroxylation is 1. The lowest BCUT2D eigenvalue weighted by molar-refractivity contribution is 0.205.